The highest BCUT2D eigenvalue weighted by Gasteiger charge is 2.26. The molecular formula is C19H25N5OS. The summed E-state index contributed by atoms with van der Waals surface area (Å²) in [5.41, 5.74) is 2.92. The van der Waals surface area contributed by atoms with Crippen LogP contribution in [0, 0.1) is 6.92 Å². The van der Waals surface area contributed by atoms with Gasteiger partial charge in [-0.15, -0.1) is 11.8 Å². The van der Waals surface area contributed by atoms with Gasteiger partial charge in [0, 0.05) is 42.7 Å². The number of nitrogens with zero attached hydrogens (tertiary/aromatic N) is 4. The molecule has 0 fully saturated rings. The number of urea groups is 1. The number of hydrogen-bond donors (Lipinski definition) is 1. The van der Waals surface area contributed by atoms with E-state index < -0.39 is 0 Å². The zero-order valence-corrected chi connectivity index (χ0v) is 16.6. The molecular weight excluding hydrogens is 346 g/mol. The average Bonchev–Trinajstić information content (AvgIpc) is 2.66. The molecule has 6 nitrogen and oxygen atoms in total. The summed E-state index contributed by atoms with van der Waals surface area (Å²) in [6, 6.07) is 7.81. The number of nitrogens with one attached hydrogen (secondary N) is 1. The van der Waals surface area contributed by atoms with Gasteiger partial charge >= 0.3 is 6.03 Å². The molecule has 2 heterocycles. The van der Waals surface area contributed by atoms with Gasteiger partial charge in [0.1, 0.15) is 11.6 Å². The number of anilines is 2. The molecule has 1 aromatic heterocycles. The van der Waals surface area contributed by atoms with Crippen LogP contribution in [0.2, 0.25) is 0 Å². The van der Waals surface area contributed by atoms with Gasteiger partial charge in [0.25, 0.3) is 0 Å². The van der Waals surface area contributed by atoms with Crippen LogP contribution in [-0.4, -0.2) is 47.3 Å². The van der Waals surface area contributed by atoms with Crippen molar-refractivity contribution < 1.29 is 4.79 Å². The number of aromatic nitrogens is 2. The molecule has 0 saturated carbocycles. The summed E-state index contributed by atoms with van der Waals surface area (Å²) in [7, 11) is 2.02. The van der Waals surface area contributed by atoms with E-state index in [-0.39, 0.29) is 6.03 Å². The first kappa shape index (κ1) is 18.5. The number of carbonyl (C=O) groups is 1. The van der Waals surface area contributed by atoms with Gasteiger partial charge in [0.05, 0.1) is 12.2 Å². The molecule has 0 aliphatic carbocycles. The van der Waals surface area contributed by atoms with Crippen molar-refractivity contribution in [2.75, 3.05) is 36.6 Å². The van der Waals surface area contributed by atoms with E-state index in [0.29, 0.717) is 13.1 Å². The van der Waals surface area contributed by atoms with Crippen molar-refractivity contribution in [2.24, 2.45) is 0 Å². The summed E-state index contributed by atoms with van der Waals surface area (Å²) in [5.74, 6) is 1.71. The van der Waals surface area contributed by atoms with E-state index in [0.717, 1.165) is 41.6 Å². The predicted octanol–water partition coefficient (Wildman–Crippen LogP) is 3.55. The highest BCUT2D eigenvalue weighted by Crippen LogP contribution is 2.26. The van der Waals surface area contributed by atoms with E-state index in [4.69, 9.17) is 0 Å². The lowest BCUT2D eigenvalue weighted by Crippen LogP contribution is -2.40. The third-order valence-electron chi connectivity index (χ3n) is 4.61. The summed E-state index contributed by atoms with van der Waals surface area (Å²) in [6.45, 7) is 6.06. The van der Waals surface area contributed by atoms with Crippen LogP contribution in [0.3, 0.4) is 0 Å². The van der Waals surface area contributed by atoms with E-state index in [2.05, 4.69) is 27.1 Å². The molecule has 138 valence electrons. The number of aryl methyl sites for hydroxylation is 1. The second-order valence-corrected chi connectivity index (χ2v) is 7.24. The summed E-state index contributed by atoms with van der Waals surface area (Å²) in [6.07, 6.45) is 2.79. The van der Waals surface area contributed by atoms with Gasteiger partial charge in [-0.2, -0.15) is 0 Å². The Balaban J connectivity index is 1.77. The van der Waals surface area contributed by atoms with Gasteiger partial charge in [-0.25, -0.2) is 14.8 Å². The van der Waals surface area contributed by atoms with E-state index in [1.165, 1.54) is 4.90 Å². The zero-order valence-electron chi connectivity index (χ0n) is 15.7. The van der Waals surface area contributed by atoms with Crippen LogP contribution in [0.15, 0.2) is 29.2 Å². The molecule has 0 saturated heterocycles. The van der Waals surface area contributed by atoms with E-state index >= 15 is 0 Å². The predicted molar refractivity (Wildman–Crippen MR) is 107 cm³/mol. The Labute approximate surface area is 159 Å². The quantitative estimate of drug-likeness (QED) is 0.833. The molecule has 0 radical (unpaired) electrons. The normalized spacial score (nSPS) is 13.3. The minimum atomic E-state index is -0.0850. The standard InChI is InChI=1S/C19H25N5OS/c1-5-23(3)18-16-12-24(11-10-17(16)20-13(2)21-18)19(25)22-14-6-8-15(26-4)9-7-14/h6-9H,5,10-12H2,1-4H3,(H,22,25). The molecule has 1 aliphatic rings. The van der Waals surface area contributed by atoms with Crippen molar-refractivity contribution >= 4 is 29.3 Å². The van der Waals surface area contributed by atoms with Crippen LogP contribution >= 0.6 is 11.8 Å². The van der Waals surface area contributed by atoms with Gasteiger partial charge in [0.2, 0.25) is 0 Å². The Kier molecular flexibility index (Phi) is 5.66. The van der Waals surface area contributed by atoms with Crippen molar-refractivity contribution in [1.82, 2.24) is 14.9 Å². The third kappa shape index (κ3) is 3.93. The zero-order chi connectivity index (χ0) is 18.7. The van der Waals surface area contributed by atoms with Crippen molar-refractivity contribution in [3.63, 3.8) is 0 Å². The molecule has 7 heteroatoms. The Bertz CT molecular complexity index is 793. The lowest BCUT2D eigenvalue weighted by molar-refractivity contribution is 0.206. The molecule has 0 unspecified atom stereocenters. The minimum absolute atomic E-state index is 0.0850. The van der Waals surface area contributed by atoms with E-state index in [9.17, 15) is 4.79 Å². The first-order chi connectivity index (χ1) is 12.5. The van der Waals surface area contributed by atoms with Gasteiger partial charge in [0.15, 0.2) is 0 Å². The first-order valence-corrected chi connectivity index (χ1v) is 10.0. The fourth-order valence-electron chi connectivity index (χ4n) is 3.03. The van der Waals surface area contributed by atoms with Crippen molar-refractivity contribution in [2.45, 2.75) is 31.7 Å². The molecule has 2 aromatic rings. The molecule has 1 aliphatic heterocycles. The van der Waals surface area contributed by atoms with Crippen LogP contribution in [0.5, 0.6) is 0 Å². The second-order valence-electron chi connectivity index (χ2n) is 6.36. The number of fused-ring (bicyclic) bond motifs is 1. The number of amides is 2. The Hall–Kier alpha value is -2.28. The lowest BCUT2D eigenvalue weighted by atomic mass is 10.1. The number of hydrogen-bond acceptors (Lipinski definition) is 5. The van der Waals surface area contributed by atoms with Gasteiger partial charge in [-0.05, 0) is 44.4 Å². The van der Waals surface area contributed by atoms with Crippen LogP contribution in [0.4, 0.5) is 16.3 Å². The number of rotatable bonds is 4. The molecule has 0 bridgehead atoms. The Morgan fingerprint density at radius 2 is 2.04 bits per heavy atom. The number of thioether (sulfide) groups is 1. The molecule has 3 rings (SSSR count). The topological polar surface area (TPSA) is 61.4 Å². The molecule has 1 aromatic carbocycles. The second kappa shape index (κ2) is 7.95. The van der Waals surface area contributed by atoms with E-state index in [1.807, 2.05) is 49.4 Å². The summed E-state index contributed by atoms with van der Waals surface area (Å²) in [5, 5.41) is 2.99. The van der Waals surface area contributed by atoms with Gasteiger partial charge < -0.3 is 15.1 Å². The van der Waals surface area contributed by atoms with Gasteiger partial charge in [-0.3, -0.25) is 0 Å². The summed E-state index contributed by atoms with van der Waals surface area (Å²) in [4.78, 5) is 27.0. The minimum Gasteiger partial charge on any atom is -0.360 e. The van der Waals surface area contributed by atoms with Crippen LogP contribution in [0.1, 0.15) is 24.0 Å². The maximum atomic E-state index is 12.7. The molecule has 2 amide bonds. The monoisotopic (exact) mass is 371 g/mol. The molecule has 0 atom stereocenters. The maximum absolute atomic E-state index is 12.7. The average molecular weight is 372 g/mol. The fraction of sp³-hybridized carbons (Fsp3) is 0.421. The van der Waals surface area contributed by atoms with Crippen LogP contribution in [0.25, 0.3) is 0 Å². The number of benzene rings is 1. The van der Waals surface area contributed by atoms with Crippen molar-refractivity contribution in [3.8, 4) is 0 Å². The first-order valence-electron chi connectivity index (χ1n) is 8.79. The smallest absolute Gasteiger partial charge is 0.322 e. The number of carbonyl (C=O) groups excluding carboxylic acids is 1. The Morgan fingerprint density at radius 3 is 2.69 bits per heavy atom. The SMILES string of the molecule is CCN(C)c1nc(C)nc2c1CN(C(=O)Nc1ccc(SC)cc1)CC2. The Morgan fingerprint density at radius 1 is 1.31 bits per heavy atom. The van der Waals surface area contributed by atoms with Crippen molar-refractivity contribution in [1.29, 1.82) is 0 Å². The largest absolute Gasteiger partial charge is 0.360 e. The highest BCUT2D eigenvalue weighted by atomic mass is 32.2. The van der Waals surface area contributed by atoms with E-state index in [1.54, 1.807) is 11.8 Å². The third-order valence-corrected chi connectivity index (χ3v) is 5.36. The molecule has 1 N–H and O–H groups in total. The fourth-order valence-corrected chi connectivity index (χ4v) is 3.44. The van der Waals surface area contributed by atoms with Crippen LogP contribution < -0.4 is 10.2 Å². The molecule has 0 spiro atoms. The van der Waals surface area contributed by atoms with Crippen molar-refractivity contribution in [3.05, 3.63) is 41.3 Å². The molecule has 26 heavy (non-hydrogen) atoms. The summed E-state index contributed by atoms with van der Waals surface area (Å²) < 4.78 is 0. The lowest BCUT2D eigenvalue weighted by Gasteiger charge is -2.31. The van der Waals surface area contributed by atoms with Gasteiger partial charge in [-0.1, -0.05) is 0 Å². The van der Waals surface area contributed by atoms with Crippen LogP contribution in [-0.2, 0) is 13.0 Å². The maximum Gasteiger partial charge on any atom is 0.322 e. The highest BCUT2D eigenvalue weighted by molar-refractivity contribution is 7.98. The summed E-state index contributed by atoms with van der Waals surface area (Å²) >= 11 is 1.68.